The average Bonchev–Trinajstić information content (AvgIpc) is 2.47. The standard InChI is InChI=1S/C12H22N2O3S2/c1-2-19(16,17)14-5-3-4-11(10-14)12(15)13-6-8-18-9-7-13/h11H,2-10H2,1H3/t11-/m0/s1. The fourth-order valence-electron chi connectivity index (χ4n) is 2.62. The van der Waals surface area contributed by atoms with Crippen molar-refractivity contribution < 1.29 is 13.2 Å². The number of hydrogen-bond acceptors (Lipinski definition) is 4. The van der Waals surface area contributed by atoms with Gasteiger partial charge in [-0.15, -0.1) is 0 Å². The Morgan fingerprint density at radius 2 is 1.95 bits per heavy atom. The molecule has 2 fully saturated rings. The Morgan fingerprint density at radius 3 is 2.58 bits per heavy atom. The molecule has 0 aromatic carbocycles. The van der Waals surface area contributed by atoms with Gasteiger partial charge in [0.15, 0.2) is 0 Å². The van der Waals surface area contributed by atoms with Gasteiger partial charge in [0.05, 0.1) is 11.7 Å². The van der Waals surface area contributed by atoms with E-state index in [1.54, 1.807) is 6.92 Å². The van der Waals surface area contributed by atoms with Crippen LogP contribution in [0.5, 0.6) is 0 Å². The summed E-state index contributed by atoms with van der Waals surface area (Å²) in [6.07, 6.45) is 1.61. The molecule has 2 saturated heterocycles. The summed E-state index contributed by atoms with van der Waals surface area (Å²) >= 11 is 1.87. The Bertz CT molecular complexity index is 419. The van der Waals surface area contributed by atoms with E-state index < -0.39 is 10.0 Å². The van der Waals surface area contributed by atoms with Crippen LogP contribution in [-0.4, -0.2) is 67.0 Å². The molecule has 0 bridgehead atoms. The third kappa shape index (κ3) is 3.64. The zero-order valence-corrected chi connectivity index (χ0v) is 13.0. The van der Waals surface area contributed by atoms with Crippen LogP contribution < -0.4 is 0 Å². The van der Waals surface area contributed by atoms with Gasteiger partial charge < -0.3 is 4.90 Å². The van der Waals surface area contributed by atoms with Crippen LogP contribution in [0.2, 0.25) is 0 Å². The second-order valence-corrected chi connectivity index (χ2v) is 8.52. The van der Waals surface area contributed by atoms with Gasteiger partial charge in [0.2, 0.25) is 15.9 Å². The predicted molar refractivity (Wildman–Crippen MR) is 77.7 cm³/mol. The molecule has 7 heteroatoms. The summed E-state index contributed by atoms with van der Waals surface area (Å²) in [5.74, 6) is 2.12. The molecule has 2 aliphatic heterocycles. The number of carbonyl (C=O) groups is 1. The van der Waals surface area contributed by atoms with Gasteiger partial charge in [-0.3, -0.25) is 4.79 Å². The quantitative estimate of drug-likeness (QED) is 0.767. The summed E-state index contributed by atoms with van der Waals surface area (Å²) in [5, 5.41) is 0. The van der Waals surface area contributed by atoms with Crippen LogP contribution >= 0.6 is 11.8 Å². The number of carbonyl (C=O) groups excluding carboxylic acids is 1. The second-order valence-electron chi connectivity index (χ2n) is 5.04. The van der Waals surface area contributed by atoms with E-state index in [-0.39, 0.29) is 17.6 Å². The maximum absolute atomic E-state index is 12.4. The van der Waals surface area contributed by atoms with Crippen LogP contribution in [0.3, 0.4) is 0 Å². The largest absolute Gasteiger partial charge is 0.341 e. The maximum atomic E-state index is 12.4. The zero-order valence-electron chi connectivity index (χ0n) is 11.4. The zero-order chi connectivity index (χ0) is 13.9. The Hall–Kier alpha value is -0.270. The van der Waals surface area contributed by atoms with Crippen LogP contribution in [0.15, 0.2) is 0 Å². The minimum absolute atomic E-state index is 0.119. The minimum atomic E-state index is -3.16. The lowest BCUT2D eigenvalue weighted by Gasteiger charge is -2.35. The van der Waals surface area contributed by atoms with Crippen molar-refractivity contribution in [2.75, 3.05) is 43.4 Å². The summed E-state index contributed by atoms with van der Waals surface area (Å²) in [5.41, 5.74) is 0. The Balaban J connectivity index is 1.98. The van der Waals surface area contributed by atoms with Crippen molar-refractivity contribution in [2.45, 2.75) is 19.8 Å². The highest BCUT2D eigenvalue weighted by Gasteiger charge is 2.33. The van der Waals surface area contributed by atoms with Crippen molar-refractivity contribution in [1.29, 1.82) is 0 Å². The molecule has 2 heterocycles. The number of hydrogen-bond donors (Lipinski definition) is 0. The van der Waals surface area contributed by atoms with Gasteiger partial charge >= 0.3 is 0 Å². The number of piperidine rings is 1. The molecular weight excluding hydrogens is 284 g/mol. The highest BCUT2D eigenvalue weighted by atomic mass is 32.2. The number of nitrogens with zero attached hydrogens (tertiary/aromatic N) is 2. The minimum Gasteiger partial charge on any atom is -0.341 e. The fraction of sp³-hybridized carbons (Fsp3) is 0.917. The highest BCUT2D eigenvalue weighted by molar-refractivity contribution is 7.99. The molecule has 2 aliphatic rings. The van der Waals surface area contributed by atoms with E-state index in [2.05, 4.69) is 0 Å². The molecule has 110 valence electrons. The molecule has 1 atom stereocenters. The van der Waals surface area contributed by atoms with Crippen molar-refractivity contribution in [1.82, 2.24) is 9.21 Å². The smallest absolute Gasteiger partial charge is 0.227 e. The van der Waals surface area contributed by atoms with Crippen molar-refractivity contribution in [3.8, 4) is 0 Å². The van der Waals surface area contributed by atoms with E-state index in [4.69, 9.17) is 0 Å². The van der Waals surface area contributed by atoms with E-state index in [9.17, 15) is 13.2 Å². The first-order chi connectivity index (χ1) is 9.04. The summed E-state index contributed by atoms with van der Waals surface area (Å²) < 4.78 is 25.3. The van der Waals surface area contributed by atoms with Gasteiger partial charge in [0.25, 0.3) is 0 Å². The van der Waals surface area contributed by atoms with E-state index >= 15 is 0 Å². The summed E-state index contributed by atoms with van der Waals surface area (Å²) in [6.45, 7) is 4.21. The van der Waals surface area contributed by atoms with Crippen LogP contribution in [0, 0.1) is 5.92 Å². The molecule has 0 N–H and O–H groups in total. The van der Waals surface area contributed by atoms with Crippen LogP contribution in [0.4, 0.5) is 0 Å². The lowest BCUT2D eigenvalue weighted by Crippen LogP contribution is -2.48. The molecule has 0 saturated carbocycles. The van der Waals surface area contributed by atoms with Crippen LogP contribution in [0.1, 0.15) is 19.8 Å². The van der Waals surface area contributed by atoms with Gasteiger partial charge in [-0.05, 0) is 19.8 Å². The molecule has 1 amide bonds. The maximum Gasteiger partial charge on any atom is 0.227 e. The Labute approximate surface area is 119 Å². The van der Waals surface area contributed by atoms with Crippen molar-refractivity contribution in [3.05, 3.63) is 0 Å². The molecule has 0 spiro atoms. The third-order valence-electron chi connectivity index (χ3n) is 3.81. The molecule has 0 radical (unpaired) electrons. The predicted octanol–water partition coefficient (Wildman–Crippen LogP) is 0.624. The van der Waals surface area contributed by atoms with Gasteiger partial charge in [-0.1, -0.05) is 0 Å². The van der Waals surface area contributed by atoms with E-state index in [1.807, 2.05) is 16.7 Å². The first-order valence-corrected chi connectivity index (χ1v) is 9.65. The SMILES string of the molecule is CCS(=O)(=O)N1CCC[C@H](C(=O)N2CCSCC2)C1. The first kappa shape index (κ1) is 15.1. The molecule has 5 nitrogen and oxygen atoms in total. The number of sulfonamides is 1. The van der Waals surface area contributed by atoms with E-state index in [0.717, 1.165) is 37.4 Å². The normalized spacial score (nSPS) is 26.4. The van der Waals surface area contributed by atoms with Gasteiger partial charge in [-0.25, -0.2) is 12.7 Å². The lowest BCUT2D eigenvalue weighted by atomic mass is 9.98. The molecule has 0 unspecified atom stereocenters. The van der Waals surface area contributed by atoms with Gasteiger partial charge in [-0.2, -0.15) is 11.8 Å². The highest BCUT2D eigenvalue weighted by Crippen LogP contribution is 2.22. The monoisotopic (exact) mass is 306 g/mol. The summed E-state index contributed by atoms with van der Waals surface area (Å²) in [4.78, 5) is 14.3. The summed E-state index contributed by atoms with van der Waals surface area (Å²) in [6, 6.07) is 0. The van der Waals surface area contributed by atoms with Crippen molar-refractivity contribution in [3.63, 3.8) is 0 Å². The van der Waals surface area contributed by atoms with Crippen LogP contribution in [-0.2, 0) is 14.8 Å². The molecule has 0 aliphatic carbocycles. The Kier molecular flexibility index (Phi) is 5.14. The second kappa shape index (κ2) is 6.45. The van der Waals surface area contributed by atoms with E-state index in [0.29, 0.717) is 13.1 Å². The topological polar surface area (TPSA) is 57.7 Å². The molecule has 19 heavy (non-hydrogen) atoms. The number of amides is 1. The fourth-order valence-corrected chi connectivity index (χ4v) is 4.70. The molecule has 0 aromatic rings. The number of thioether (sulfide) groups is 1. The average molecular weight is 306 g/mol. The lowest BCUT2D eigenvalue weighted by molar-refractivity contribution is -0.136. The Morgan fingerprint density at radius 1 is 1.26 bits per heavy atom. The first-order valence-electron chi connectivity index (χ1n) is 6.89. The third-order valence-corrected chi connectivity index (χ3v) is 6.60. The van der Waals surface area contributed by atoms with E-state index in [1.165, 1.54) is 4.31 Å². The van der Waals surface area contributed by atoms with Gasteiger partial charge in [0, 0.05) is 37.7 Å². The van der Waals surface area contributed by atoms with Crippen molar-refractivity contribution >= 4 is 27.7 Å². The van der Waals surface area contributed by atoms with Crippen molar-refractivity contribution in [2.24, 2.45) is 5.92 Å². The van der Waals surface area contributed by atoms with Crippen LogP contribution in [0.25, 0.3) is 0 Å². The summed E-state index contributed by atoms with van der Waals surface area (Å²) in [7, 11) is -3.16. The number of rotatable bonds is 3. The molecular formula is C12H22N2O3S2. The molecule has 0 aromatic heterocycles. The van der Waals surface area contributed by atoms with Gasteiger partial charge in [0.1, 0.15) is 0 Å². The molecule has 2 rings (SSSR count).